The first kappa shape index (κ1) is 10.7. The quantitative estimate of drug-likeness (QED) is 0.742. The van der Waals surface area contributed by atoms with Crippen LogP contribution in [0.5, 0.6) is 0 Å². The van der Waals surface area contributed by atoms with Gasteiger partial charge in [0.05, 0.1) is 7.11 Å². The maximum Gasteiger partial charge on any atom is 0.425 e. The fourth-order valence-corrected chi connectivity index (χ4v) is 0.903. The van der Waals surface area contributed by atoms with Crippen LogP contribution in [0.15, 0.2) is 0 Å². The van der Waals surface area contributed by atoms with E-state index in [2.05, 4.69) is 30.5 Å². The molecule has 1 heterocycles. The molecule has 0 radical (unpaired) electrons. The molecule has 1 aromatic heterocycles. The minimum absolute atomic E-state index is 0.0143. The van der Waals surface area contributed by atoms with Crippen LogP contribution < -0.4 is 10.9 Å². The highest BCUT2D eigenvalue weighted by molar-refractivity contribution is 6.31. The Balaban J connectivity index is 2.63. The molecule has 9 heteroatoms. The van der Waals surface area contributed by atoms with E-state index in [0.717, 1.165) is 0 Å². The van der Waals surface area contributed by atoms with E-state index in [1.807, 2.05) is 0 Å². The summed E-state index contributed by atoms with van der Waals surface area (Å²) in [5, 5.41) is -0.168. The molecule has 2 N–H and O–H groups in total. The number of hydrogen-bond donors (Lipinski definition) is 2. The van der Waals surface area contributed by atoms with E-state index in [4.69, 9.17) is 23.2 Å². The maximum atomic E-state index is 10.6. The number of halogens is 2. The Kier molecular flexibility index (Phi) is 3.66. The molecule has 1 aromatic rings. The second-order valence-corrected chi connectivity index (χ2v) is 2.61. The van der Waals surface area contributed by atoms with Crippen molar-refractivity contribution in [3.63, 3.8) is 0 Å². The van der Waals surface area contributed by atoms with Gasteiger partial charge in [0.1, 0.15) is 0 Å². The Hall–Kier alpha value is -1.34. The lowest BCUT2D eigenvalue weighted by molar-refractivity contribution is 0.173. The third-order valence-electron chi connectivity index (χ3n) is 1.04. The average Bonchev–Trinajstić information content (AvgIpc) is 2.12. The summed E-state index contributed by atoms with van der Waals surface area (Å²) in [5.41, 5.74) is 4.44. The van der Waals surface area contributed by atoms with Crippen molar-refractivity contribution in [3.05, 3.63) is 10.6 Å². The lowest BCUT2D eigenvalue weighted by atomic mass is 10.9. The summed E-state index contributed by atoms with van der Waals surface area (Å²) < 4.78 is 4.28. The second-order valence-electron chi connectivity index (χ2n) is 1.94. The lowest BCUT2D eigenvalue weighted by Crippen LogP contribution is -2.30. The van der Waals surface area contributed by atoms with E-state index in [1.54, 1.807) is 0 Å². The number of nitrogens with zero attached hydrogens (tertiary/aromatic N) is 3. The standard InChI is InChI=1S/C5H5Cl2N5O2/c1-14-5(13)12-11-4-9-2(6)8-3(7)10-4/h1H3,(H,12,13)(H,8,9,10,11). The molecule has 7 nitrogen and oxygen atoms in total. The number of ether oxygens (including phenoxy) is 1. The Morgan fingerprint density at radius 3 is 2.36 bits per heavy atom. The van der Waals surface area contributed by atoms with Gasteiger partial charge in [0.15, 0.2) is 0 Å². The number of hydrogen-bond acceptors (Lipinski definition) is 6. The van der Waals surface area contributed by atoms with Gasteiger partial charge in [0.2, 0.25) is 16.5 Å². The zero-order valence-electron chi connectivity index (χ0n) is 6.91. The van der Waals surface area contributed by atoms with E-state index in [0.29, 0.717) is 0 Å². The van der Waals surface area contributed by atoms with Gasteiger partial charge in [-0.05, 0) is 23.2 Å². The van der Waals surface area contributed by atoms with Crippen molar-refractivity contribution in [1.29, 1.82) is 0 Å². The van der Waals surface area contributed by atoms with Crippen LogP contribution in [0.4, 0.5) is 10.7 Å². The van der Waals surface area contributed by atoms with Crippen LogP contribution in [0.25, 0.3) is 0 Å². The van der Waals surface area contributed by atoms with Crippen molar-refractivity contribution < 1.29 is 9.53 Å². The number of methoxy groups -OCH3 is 1. The molecule has 0 aromatic carbocycles. The molecule has 0 fully saturated rings. The number of anilines is 1. The van der Waals surface area contributed by atoms with Crippen molar-refractivity contribution in [1.82, 2.24) is 20.4 Å². The summed E-state index contributed by atoms with van der Waals surface area (Å²) in [6.07, 6.45) is -0.697. The molecule has 1 amide bonds. The zero-order chi connectivity index (χ0) is 10.6. The molecular formula is C5H5Cl2N5O2. The number of carbonyl (C=O) groups excluding carboxylic acids is 1. The first-order chi connectivity index (χ1) is 6.61. The molecular weight excluding hydrogens is 233 g/mol. The van der Waals surface area contributed by atoms with Gasteiger partial charge in [-0.25, -0.2) is 10.2 Å². The summed E-state index contributed by atoms with van der Waals surface area (Å²) in [7, 11) is 1.21. The molecule has 0 unspecified atom stereocenters. The molecule has 14 heavy (non-hydrogen) atoms. The van der Waals surface area contributed by atoms with Crippen LogP contribution in [0, 0.1) is 0 Å². The van der Waals surface area contributed by atoms with E-state index in [1.165, 1.54) is 7.11 Å². The monoisotopic (exact) mass is 237 g/mol. The van der Waals surface area contributed by atoms with Crippen molar-refractivity contribution in [2.45, 2.75) is 0 Å². The fraction of sp³-hybridized carbons (Fsp3) is 0.200. The van der Waals surface area contributed by atoms with Crippen molar-refractivity contribution >= 4 is 35.2 Å². The maximum absolute atomic E-state index is 10.6. The lowest BCUT2D eigenvalue weighted by Gasteiger charge is -2.04. The molecule has 0 aliphatic carbocycles. The van der Waals surface area contributed by atoms with Gasteiger partial charge in [-0.2, -0.15) is 15.0 Å². The minimum atomic E-state index is -0.697. The van der Waals surface area contributed by atoms with Crippen molar-refractivity contribution in [2.24, 2.45) is 0 Å². The molecule has 1 rings (SSSR count). The van der Waals surface area contributed by atoms with Gasteiger partial charge in [-0.3, -0.25) is 5.43 Å². The molecule has 0 aliphatic heterocycles. The smallest absolute Gasteiger partial charge is 0.425 e. The number of amides is 1. The van der Waals surface area contributed by atoms with Crippen LogP contribution in [0.3, 0.4) is 0 Å². The highest BCUT2D eigenvalue weighted by atomic mass is 35.5. The molecule has 0 saturated carbocycles. The number of hydrazine groups is 1. The first-order valence-corrected chi connectivity index (χ1v) is 4.04. The summed E-state index contributed by atoms with van der Waals surface area (Å²) >= 11 is 10.9. The van der Waals surface area contributed by atoms with Gasteiger partial charge in [-0.1, -0.05) is 0 Å². The minimum Gasteiger partial charge on any atom is -0.452 e. The van der Waals surface area contributed by atoms with E-state index < -0.39 is 6.09 Å². The van der Waals surface area contributed by atoms with Crippen molar-refractivity contribution in [2.75, 3.05) is 12.5 Å². The predicted octanol–water partition coefficient (Wildman–Crippen LogP) is 0.861. The van der Waals surface area contributed by atoms with Crippen LogP contribution >= 0.6 is 23.2 Å². The van der Waals surface area contributed by atoms with Gasteiger partial charge < -0.3 is 4.74 Å². The van der Waals surface area contributed by atoms with Gasteiger partial charge in [0, 0.05) is 0 Å². The largest absolute Gasteiger partial charge is 0.452 e. The summed E-state index contributed by atoms with van der Waals surface area (Å²) in [5.74, 6) is 0.0143. The Bertz CT molecular complexity index is 327. The molecule has 0 aliphatic rings. The number of rotatable bonds is 2. The van der Waals surface area contributed by atoms with E-state index in [9.17, 15) is 4.79 Å². The van der Waals surface area contributed by atoms with Crippen LogP contribution in [-0.4, -0.2) is 28.2 Å². The highest BCUT2D eigenvalue weighted by Crippen LogP contribution is 2.08. The van der Waals surface area contributed by atoms with E-state index in [-0.39, 0.29) is 16.5 Å². The second kappa shape index (κ2) is 4.77. The third-order valence-corrected chi connectivity index (χ3v) is 1.38. The summed E-state index contributed by atoms with van der Waals surface area (Å²) in [6, 6.07) is 0. The molecule has 0 spiro atoms. The normalized spacial score (nSPS) is 9.36. The van der Waals surface area contributed by atoms with Crippen LogP contribution in [0.2, 0.25) is 10.6 Å². The fourth-order valence-electron chi connectivity index (χ4n) is 0.540. The Morgan fingerprint density at radius 1 is 1.29 bits per heavy atom. The zero-order valence-corrected chi connectivity index (χ0v) is 8.43. The topological polar surface area (TPSA) is 89.0 Å². The van der Waals surface area contributed by atoms with E-state index >= 15 is 0 Å². The van der Waals surface area contributed by atoms with Crippen LogP contribution in [0.1, 0.15) is 0 Å². The highest BCUT2D eigenvalue weighted by Gasteiger charge is 2.03. The SMILES string of the molecule is COC(=O)NNc1nc(Cl)nc(Cl)n1. The molecule has 0 atom stereocenters. The molecule has 0 bridgehead atoms. The summed E-state index contributed by atoms with van der Waals surface area (Å²) in [6.45, 7) is 0. The Labute approximate surface area is 88.8 Å². The molecule has 76 valence electrons. The van der Waals surface area contributed by atoms with Gasteiger partial charge in [0.25, 0.3) is 0 Å². The first-order valence-electron chi connectivity index (χ1n) is 3.29. The third kappa shape index (κ3) is 3.19. The number of carbonyl (C=O) groups is 1. The van der Waals surface area contributed by atoms with Crippen LogP contribution in [-0.2, 0) is 4.74 Å². The number of aromatic nitrogens is 3. The van der Waals surface area contributed by atoms with Crippen molar-refractivity contribution in [3.8, 4) is 0 Å². The summed E-state index contributed by atoms with van der Waals surface area (Å²) in [4.78, 5) is 21.4. The van der Waals surface area contributed by atoms with Gasteiger partial charge >= 0.3 is 6.09 Å². The molecule has 0 saturated heterocycles. The Morgan fingerprint density at radius 2 is 1.86 bits per heavy atom. The number of nitrogens with one attached hydrogen (secondary N) is 2. The average molecular weight is 238 g/mol. The predicted molar refractivity (Wildman–Crippen MR) is 49.0 cm³/mol. The van der Waals surface area contributed by atoms with Gasteiger partial charge in [-0.15, -0.1) is 0 Å².